The van der Waals surface area contributed by atoms with Crippen molar-refractivity contribution in [2.75, 3.05) is 0 Å². The first-order valence-corrected chi connectivity index (χ1v) is 5.09. The van der Waals surface area contributed by atoms with Gasteiger partial charge in [-0.15, -0.1) is 0 Å². The zero-order valence-electron chi connectivity index (χ0n) is 8.97. The van der Waals surface area contributed by atoms with E-state index in [9.17, 15) is 4.79 Å². The van der Waals surface area contributed by atoms with Crippen LogP contribution in [0.3, 0.4) is 0 Å². The van der Waals surface area contributed by atoms with Crippen molar-refractivity contribution >= 4 is 5.91 Å². The maximum absolute atomic E-state index is 11.8. The Morgan fingerprint density at radius 3 is 3.19 bits per heavy atom. The molecule has 0 bridgehead atoms. The smallest absolute Gasteiger partial charge is 0.268 e. The molecular formula is C10H13N5O. The minimum absolute atomic E-state index is 0.108. The first-order valence-electron chi connectivity index (χ1n) is 5.09. The fraction of sp³-hybridized carbons (Fsp3) is 0.300. The highest BCUT2D eigenvalue weighted by Gasteiger charge is 2.09. The van der Waals surface area contributed by atoms with E-state index in [1.165, 1.54) is 6.33 Å². The lowest BCUT2D eigenvalue weighted by molar-refractivity contribution is 0.0941. The highest BCUT2D eigenvalue weighted by molar-refractivity contribution is 5.92. The number of hydrogen-bond donors (Lipinski definition) is 2. The summed E-state index contributed by atoms with van der Waals surface area (Å²) in [6.07, 6.45) is 3.29. The summed E-state index contributed by atoms with van der Waals surface area (Å²) >= 11 is 0. The third kappa shape index (κ3) is 2.10. The van der Waals surface area contributed by atoms with Crippen molar-refractivity contribution in [3.05, 3.63) is 36.2 Å². The number of amides is 1. The second-order valence-electron chi connectivity index (χ2n) is 3.29. The molecule has 0 aliphatic rings. The molecule has 16 heavy (non-hydrogen) atoms. The number of H-pyrrole nitrogens is 1. The molecule has 6 heteroatoms. The van der Waals surface area contributed by atoms with E-state index >= 15 is 0 Å². The summed E-state index contributed by atoms with van der Waals surface area (Å²) in [5.74, 6) is 0.534. The van der Waals surface area contributed by atoms with E-state index in [2.05, 4.69) is 20.5 Å². The van der Waals surface area contributed by atoms with Crippen LogP contribution >= 0.6 is 0 Å². The minimum atomic E-state index is -0.108. The first kappa shape index (κ1) is 10.4. The average molecular weight is 219 g/mol. The zero-order valence-corrected chi connectivity index (χ0v) is 8.97. The third-order valence-electron chi connectivity index (χ3n) is 2.28. The Labute approximate surface area is 92.7 Å². The summed E-state index contributed by atoms with van der Waals surface area (Å²) in [4.78, 5) is 15.7. The van der Waals surface area contributed by atoms with Crippen molar-refractivity contribution < 1.29 is 4.79 Å². The summed E-state index contributed by atoms with van der Waals surface area (Å²) in [6.45, 7) is 3.12. The number of carbonyl (C=O) groups is 1. The molecule has 0 aliphatic carbocycles. The van der Waals surface area contributed by atoms with Crippen molar-refractivity contribution in [1.29, 1.82) is 0 Å². The van der Waals surface area contributed by atoms with Crippen LogP contribution in [0, 0.1) is 0 Å². The summed E-state index contributed by atoms with van der Waals surface area (Å²) < 4.78 is 1.88. The van der Waals surface area contributed by atoms with E-state index < -0.39 is 0 Å². The summed E-state index contributed by atoms with van der Waals surface area (Å²) in [5.41, 5.74) is 0.655. The largest absolute Gasteiger partial charge is 0.344 e. The molecule has 2 aromatic rings. The van der Waals surface area contributed by atoms with Gasteiger partial charge in [-0.25, -0.2) is 4.98 Å². The van der Waals surface area contributed by atoms with Gasteiger partial charge < -0.3 is 9.88 Å². The van der Waals surface area contributed by atoms with Gasteiger partial charge in [0.25, 0.3) is 5.91 Å². The summed E-state index contributed by atoms with van der Waals surface area (Å²) in [6, 6.07) is 3.64. The molecule has 84 valence electrons. The van der Waals surface area contributed by atoms with Gasteiger partial charge in [-0.1, -0.05) is 0 Å². The van der Waals surface area contributed by atoms with E-state index in [1.54, 1.807) is 6.07 Å². The normalized spacial score (nSPS) is 10.3. The standard InChI is InChI=1S/C10H13N5O/c1-2-15-5-3-4-8(15)10(16)11-6-9-12-7-13-14-9/h3-5,7H,2,6H2,1H3,(H,11,16)(H,12,13,14). The van der Waals surface area contributed by atoms with Crippen LogP contribution in [-0.2, 0) is 13.1 Å². The molecule has 2 N–H and O–H groups in total. The molecule has 0 radical (unpaired) electrons. The van der Waals surface area contributed by atoms with E-state index in [-0.39, 0.29) is 5.91 Å². The molecular weight excluding hydrogens is 206 g/mol. The van der Waals surface area contributed by atoms with Crippen LogP contribution in [0.4, 0.5) is 0 Å². The first-order chi connectivity index (χ1) is 7.81. The van der Waals surface area contributed by atoms with Gasteiger partial charge in [-0.3, -0.25) is 9.89 Å². The predicted molar refractivity (Wildman–Crippen MR) is 57.7 cm³/mol. The highest BCUT2D eigenvalue weighted by Crippen LogP contribution is 2.02. The van der Waals surface area contributed by atoms with E-state index in [1.807, 2.05) is 23.8 Å². The van der Waals surface area contributed by atoms with Crippen LogP contribution in [0.1, 0.15) is 23.2 Å². The lowest BCUT2D eigenvalue weighted by Crippen LogP contribution is -2.25. The molecule has 0 atom stereocenters. The second kappa shape index (κ2) is 4.61. The molecule has 2 heterocycles. The number of hydrogen-bond acceptors (Lipinski definition) is 3. The van der Waals surface area contributed by atoms with Crippen molar-refractivity contribution in [2.45, 2.75) is 20.0 Å². The molecule has 0 spiro atoms. The van der Waals surface area contributed by atoms with Gasteiger partial charge in [-0.2, -0.15) is 5.10 Å². The molecule has 6 nitrogen and oxygen atoms in total. The number of nitrogens with one attached hydrogen (secondary N) is 2. The molecule has 0 fully saturated rings. The SMILES string of the molecule is CCn1cccc1C(=O)NCc1ncn[nH]1. The molecule has 2 rings (SSSR count). The van der Waals surface area contributed by atoms with Gasteiger partial charge in [0, 0.05) is 12.7 Å². The van der Waals surface area contributed by atoms with Crippen LogP contribution in [-0.4, -0.2) is 25.7 Å². The fourth-order valence-corrected chi connectivity index (χ4v) is 1.47. The van der Waals surface area contributed by atoms with Crippen molar-refractivity contribution in [1.82, 2.24) is 25.1 Å². The van der Waals surface area contributed by atoms with Crippen molar-refractivity contribution in [2.24, 2.45) is 0 Å². The molecule has 2 aromatic heterocycles. The lowest BCUT2D eigenvalue weighted by Gasteiger charge is -2.06. The molecule has 0 saturated heterocycles. The Morgan fingerprint density at radius 2 is 2.50 bits per heavy atom. The van der Waals surface area contributed by atoms with Crippen molar-refractivity contribution in [3.8, 4) is 0 Å². The van der Waals surface area contributed by atoms with E-state index in [4.69, 9.17) is 0 Å². The minimum Gasteiger partial charge on any atom is -0.344 e. The van der Waals surface area contributed by atoms with Crippen LogP contribution in [0.15, 0.2) is 24.7 Å². The summed E-state index contributed by atoms with van der Waals surface area (Å²) in [5, 5.41) is 9.16. The number of rotatable bonds is 4. The van der Waals surface area contributed by atoms with Crippen molar-refractivity contribution in [3.63, 3.8) is 0 Å². The summed E-state index contributed by atoms with van der Waals surface area (Å²) in [7, 11) is 0. The fourth-order valence-electron chi connectivity index (χ4n) is 1.47. The predicted octanol–water partition coefficient (Wildman–Crippen LogP) is 0.556. The second-order valence-corrected chi connectivity index (χ2v) is 3.29. The van der Waals surface area contributed by atoms with Crippen LogP contribution in [0.25, 0.3) is 0 Å². The van der Waals surface area contributed by atoms with Gasteiger partial charge in [0.15, 0.2) is 0 Å². The number of aryl methyl sites for hydroxylation is 1. The van der Waals surface area contributed by atoms with Gasteiger partial charge >= 0.3 is 0 Å². The maximum Gasteiger partial charge on any atom is 0.268 e. The van der Waals surface area contributed by atoms with Gasteiger partial charge in [0.2, 0.25) is 0 Å². The zero-order chi connectivity index (χ0) is 11.4. The van der Waals surface area contributed by atoms with Gasteiger partial charge in [0.1, 0.15) is 17.8 Å². The topological polar surface area (TPSA) is 75.6 Å². The third-order valence-corrected chi connectivity index (χ3v) is 2.28. The highest BCUT2D eigenvalue weighted by atomic mass is 16.1. The Bertz CT molecular complexity index is 459. The molecule has 0 aliphatic heterocycles. The Hall–Kier alpha value is -2.11. The molecule has 0 aromatic carbocycles. The quantitative estimate of drug-likeness (QED) is 0.788. The molecule has 0 saturated carbocycles. The van der Waals surface area contributed by atoms with E-state index in [0.29, 0.717) is 18.1 Å². The van der Waals surface area contributed by atoms with Crippen LogP contribution < -0.4 is 5.32 Å². The Morgan fingerprint density at radius 1 is 1.62 bits per heavy atom. The van der Waals surface area contributed by atoms with Gasteiger partial charge in [-0.05, 0) is 19.1 Å². The molecule has 0 unspecified atom stereocenters. The Balaban J connectivity index is 1.98. The number of aromatic amines is 1. The average Bonchev–Trinajstić information content (AvgIpc) is 2.96. The number of aromatic nitrogens is 4. The monoisotopic (exact) mass is 219 g/mol. The van der Waals surface area contributed by atoms with Crippen LogP contribution in [0.2, 0.25) is 0 Å². The molecule has 1 amide bonds. The Kier molecular flexibility index (Phi) is 3.00. The number of carbonyl (C=O) groups excluding carboxylic acids is 1. The van der Waals surface area contributed by atoms with Crippen LogP contribution in [0.5, 0.6) is 0 Å². The number of nitrogens with zero attached hydrogens (tertiary/aromatic N) is 3. The van der Waals surface area contributed by atoms with E-state index in [0.717, 1.165) is 6.54 Å². The van der Waals surface area contributed by atoms with Gasteiger partial charge in [0.05, 0.1) is 6.54 Å². The lowest BCUT2D eigenvalue weighted by atomic mass is 10.4. The maximum atomic E-state index is 11.8.